The van der Waals surface area contributed by atoms with Crippen molar-refractivity contribution in [3.63, 3.8) is 0 Å². The second-order valence-corrected chi connectivity index (χ2v) is 14.5. The maximum absolute atomic E-state index is 14.5. The molecule has 7 rings (SSSR count). The van der Waals surface area contributed by atoms with Crippen molar-refractivity contribution < 1.29 is 37.0 Å². The monoisotopic (exact) mass is 793 g/mol. The highest BCUT2D eigenvalue weighted by Gasteiger charge is 2.38. The first-order valence-corrected chi connectivity index (χ1v) is 19.0. The summed E-state index contributed by atoms with van der Waals surface area (Å²) in [5, 5.41) is 12.6. The normalized spacial score (nSPS) is 19.4. The summed E-state index contributed by atoms with van der Waals surface area (Å²) in [7, 11) is 2.90. The van der Waals surface area contributed by atoms with Crippen molar-refractivity contribution in [2.75, 3.05) is 27.3 Å². The fourth-order valence-electron chi connectivity index (χ4n) is 7.59. The highest BCUT2D eigenvalue weighted by atomic mass is 35.5. The molecule has 0 unspecified atom stereocenters. The van der Waals surface area contributed by atoms with E-state index >= 15 is 0 Å². The average molecular weight is 794 g/mol. The highest BCUT2D eigenvalue weighted by molar-refractivity contribution is 6.35. The molecule has 0 bridgehead atoms. The molecule has 4 aromatic rings. The molecule has 1 aliphatic carbocycles. The van der Waals surface area contributed by atoms with Crippen LogP contribution in [0, 0.1) is 0 Å². The number of rotatable bonds is 14. The minimum atomic E-state index is -4.75. The molecular weight excluding hydrogens is 751 g/mol. The SMILES string of the molecule is COc1nc(-c2ccnc(-c3cccc4c3CCC[C@H]4Oc3nc(OC)c(CNC[C@H]4CCC(=O)N4)cc3C(F)(F)F)c2Cl)ccc1CNC[C@@H]1CCC(=O)N1. The van der Waals surface area contributed by atoms with Crippen molar-refractivity contribution >= 4 is 23.4 Å². The molecule has 56 heavy (non-hydrogen) atoms. The molecule has 0 saturated carbocycles. The van der Waals surface area contributed by atoms with Crippen molar-refractivity contribution in [2.24, 2.45) is 0 Å². The average Bonchev–Trinajstić information content (AvgIpc) is 3.81. The molecular formula is C40H43ClF3N7O5. The van der Waals surface area contributed by atoms with E-state index in [-0.39, 0.29) is 41.9 Å². The summed E-state index contributed by atoms with van der Waals surface area (Å²) in [6, 6.07) is 12.2. The Morgan fingerprint density at radius 2 is 1.50 bits per heavy atom. The topological polar surface area (TPSA) is 149 Å². The number of carbonyl (C=O) groups is 2. The zero-order chi connectivity index (χ0) is 39.4. The number of halogens is 4. The molecule has 2 aliphatic heterocycles. The van der Waals surface area contributed by atoms with E-state index in [1.165, 1.54) is 7.11 Å². The largest absolute Gasteiger partial charge is 0.481 e. The number of alkyl halides is 3. The molecule has 2 amide bonds. The number of carbonyl (C=O) groups excluding carboxylic acids is 2. The summed E-state index contributed by atoms with van der Waals surface area (Å²) in [6.07, 6.45) is 0.337. The molecule has 2 saturated heterocycles. The van der Waals surface area contributed by atoms with Crippen molar-refractivity contribution in [3.05, 3.63) is 81.5 Å². The van der Waals surface area contributed by atoms with Gasteiger partial charge in [-0.05, 0) is 61.4 Å². The maximum Gasteiger partial charge on any atom is 0.421 e. The fraction of sp³-hybridized carbons (Fsp3) is 0.425. The van der Waals surface area contributed by atoms with Gasteiger partial charge in [0, 0.05) is 79.6 Å². The van der Waals surface area contributed by atoms with E-state index in [9.17, 15) is 22.8 Å². The molecule has 16 heteroatoms. The number of pyridine rings is 3. The molecule has 2 fully saturated rings. The summed E-state index contributed by atoms with van der Waals surface area (Å²) in [4.78, 5) is 36.7. The van der Waals surface area contributed by atoms with E-state index in [0.29, 0.717) is 86.0 Å². The van der Waals surface area contributed by atoms with Crippen LogP contribution in [-0.2, 0) is 35.3 Å². The minimum Gasteiger partial charge on any atom is -0.481 e. The van der Waals surface area contributed by atoms with Gasteiger partial charge < -0.3 is 35.5 Å². The van der Waals surface area contributed by atoms with E-state index in [2.05, 4.69) is 31.2 Å². The van der Waals surface area contributed by atoms with Crippen LogP contribution in [0.5, 0.6) is 17.6 Å². The van der Waals surface area contributed by atoms with Crippen LogP contribution in [-0.4, -0.2) is 66.2 Å². The number of fused-ring (bicyclic) bond motifs is 1. The predicted molar refractivity (Wildman–Crippen MR) is 202 cm³/mol. The van der Waals surface area contributed by atoms with E-state index in [1.54, 1.807) is 19.4 Å². The number of methoxy groups -OCH3 is 2. The lowest BCUT2D eigenvalue weighted by atomic mass is 9.85. The molecule has 296 valence electrons. The number of nitrogens with one attached hydrogen (secondary N) is 4. The van der Waals surface area contributed by atoms with Crippen LogP contribution in [0.2, 0.25) is 5.02 Å². The number of hydrogen-bond acceptors (Lipinski definition) is 10. The first kappa shape index (κ1) is 39.3. The van der Waals surface area contributed by atoms with Crippen molar-refractivity contribution in [1.29, 1.82) is 0 Å². The van der Waals surface area contributed by atoms with Crippen molar-refractivity contribution in [1.82, 2.24) is 36.2 Å². The van der Waals surface area contributed by atoms with Gasteiger partial charge in [-0.3, -0.25) is 14.6 Å². The Balaban J connectivity index is 1.12. The van der Waals surface area contributed by atoms with Crippen LogP contribution in [0.4, 0.5) is 13.2 Å². The highest BCUT2D eigenvalue weighted by Crippen LogP contribution is 2.44. The van der Waals surface area contributed by atoms with Crippen LogP contribution < -0.4 is 35.5 Å². The van der Waals surface area contributed by atoms with Gasteiger partial charge in [-0.15, -0.1) is 0 Å². The van der Waals surface area contributed by atoms with Crippen LogP contribution in [0.25, 0.3) is 22.5 Å². The first-order valence-electron chi connectivity index (χ1n) is 18.6. The summed E-state index contributed by atoms with van der Waals surface area (Å²) in [6.45, 7) is 1.58. The zero-order valence-corrected chi connectivity index (χ0v) is 31.8. The van der Waals surface area contributed by atoms with Gasteiger partial charge in [0.1, 0.15) is 11.7 Å². The van der Waals surface area contributed by atoms with E-state index in [1.807, 2.05) is 30.3 Å². The summed E-state index contributed by atoms with van der Waals surface area (Å²) < 4.78 is 60.9. The lowest BCUT2D eigenvalue weighted by Crippen LogP contribution is -2.35. The van der Waals surface area contributed by atoms with Gasteiger partial charge >= 0.3 is 6.18 Å². The predicted octanol–water partition coefficient (Wildman–Crippen LogP) is 6.09. The number of aromatic nitrogens is 3. The molecule has 3 aromatic heterocycles. The second-order valence-electron chi connectivity index (χ2n) is 14.1. The molecule has 4 N–H and O–H groups in total. The smallest absolute Gasteiger partial charge is 0.421 e. The molecule has 0 spiro atoms. The Morgan fingerprint density at radius 3 is 2.14 bits per heavy atom. The molecule has 1 aromatic carbocycles. The van der Waals surface area contributed by atoms with E-state index < -0.39 is 23.7 Å². The number of nitrogens with zero attached hydrogens (tertiary/aromatic N) is 3. The lowest BCUT2D eigenvalue weighted by Gasteiger charge is -2.29. The van der Waals surface area contributed by atoms with Crippen LogP contribution in [0.1, 0.15) is 72.4 Å². The van der Waals surface area contributed by atoms with Gasteiger partial charge in [0.05, 0.1) is 30.6 Å². The number of amides is 2. The third-order valence-electron chi connectivity index (χ3n) is 10.4. The van der Waals surface area contributed by atoms with Crippen molar-refractivity contribution in [2.45, 2.75) is 82.4 Å². The van der Waals surface area contributed by atoms with Crippen molar-refractivity contribution in [3.8, 4) is 40.2 Å². The molecule has 3 atom stereocenters. The Bertz CT molecular complexity index is 2100. The number of ether oxygens (including phenoxy) is 3. The Labute approximate surface area is 327 Å². The van der Waals surface area contributed by atoms with Gasteiger partial charge in [0.2, 0.25) is 29.5 Å². The molecule has 12 nitrogen and oxygen atoms in total. The fourth-order valence-corrected chi connectivity index (χ4v) is 7.90. The molecule has 5 heterocycles. The standard InChI is InChI=1S/C40H43ClF3N7O5/c1-54-37-22(18-45-20-24-10-13-33(52)48-24)9-12-31(50-37)29-15-16-47-36(35(29)41)28-7-3-6-27-26(28)5-4-8-32(27)56-39-30(40(42,43)44)17-23(38(51-39)55-2)19-46-21-25-11-14-34(53)49-25/h3,6-7,9,12,15-17,24-25,32,45-46H,4-5,8,10-11,13-14,18-21H2,1-2H3,(H,48,52)(H,49,53)/t24-,25+,32+/m0/s1. The molecule has 0 radical (unpaired) electrons. The van der Waals surface area contributed by atoms with E-state index in [0.717, 1.165) is 34.7 Å². The van der Waals surface area contributed by atoms with Gasteiger partial charge in [-0.2, -0.15) is 18.2 Å². The van der Waals surface area contributed by atoms with Gasteiger partial charge in [0.15, 0.2) is 0 Å². The van der Waals surface area contributed by atoms with Gasteiger partial charge in [-0.1, -0.05) is 35.9 Å². The Hall–Kier alpha value is -4.99. The second kappa shape index (κ2) is 17.0. The first-order chi connectivity index (χ1) is 27.0. The van der Waals surface area contributed by atoms with Crippen LogP contribution in [0.15, 0.2) is 48.7 Å². The van der Waals surface area contributed by atoms with Gasteiger partial charge in [0.25, 0.3) is 0 Å². The summed E-state index contributed by atoms with van der Waals surface area (Å²) in [5.41, 5.74) is 4.14. The minimum absolute atomic E-state index is 0.0159. The summed E-state index contributed by atoms with van der Waals surface area (Å²) >= 11 is 7.09. The third kappa shape index (κ3) is 8.69. The van der Waals surface area contributed by atoms with Gasteiger partial charge in [-0.25, -0.2) is 4.98 Å². The summed E-state index contributed by atoms with van der Waals surface area (Å²) in [5.74, 6) is -0.0899. The third-order valence-corrected chi connectivity index (χ3v) is 10.7. The maximum atomic E-state index is 14.5. The quantitative estimate of drug-likeness (QED) is 0.118. The number of hydrogen-bond donors (Lipinski definition) is 4. The molecule has 3 aliphatic rings. The van der Waals surface area contributed by atoms with Crippen LogP contribution in [0.3, 0.4) is 0 Å². The van der Waals surface area contributed by atoms with Crippen LogP contribution >= 0.6 is 11.6 Å². The van der Waals surface area contributed by atoms with E-state index in [4.69, 9.17) is 30.8 Å². The lowest BCUT2D eigenvalue weighted by molar-refractivity contribution is -0.140. The zero-order valence-electron chi connectivity index (χ0n) is 31.0. The Morgan fingerprint density at radius 1 is 0.821 bits per heavy atom. The number of benzene rings is 1. The Kier molecular flexibility index (Phi) is 11.9.